The smallest absolute Gasteiger partial charge is 0.336 e. The minimum absolute atomic E-state index is 0.216. The number of allylic oxidation sites excluding steroid dienone is 1. The number of carbonyl (C=O) groups excluding carboxylic acids is 2. The molecule has 7 heteroatoms. The normalized spacial score (nSPS) is 20.1. The summed E-state index contributed by atoms with van der Waals surface area (Å²) >= 11 is 1.41. The maximum Gasteiger partial charge on any atom is 0.336 e. The van der Waals surface area contributed by atoms with E-state index in [2.05, 4.69) is 9.98 Å². The third-order valence-electron chi connectivity index (χ3n) is 4.13. The van der Waals surface area contributed by atoms with Crippen LogP contribution in [-0.2, 0) is 19.1 Å². The Labute approximate surface area is 164 Å². The van der Waals surface area contributed by atoms with E-state index >= 15 is 0 Å². The van der Waals surface area contributed by atoms with Crippen molar-refractivity contribution in [3.63, 3.8) is 0 Å². The predicted molar refractivity (Wildman–Crippen MR) is 106 cm³/mol. The van der Waals surface area contributed by atoms with Gasteiger partial charge >= 0.3 is 11.9 Å². The van der Waals surface area contributed by atoms with Gasteiger partial charge in [-0.05, 0) is 25.7 Å². The van der Waals surface area contributed by atoms with Crippen molar-refractivity contribution in [2.75, 3.05) is 13.2 Å². The van der Waals surface area contributed by atoms with Crippen LogP contribution in [0, 0.1) is 17.8 Å². The Hall–Kier alpha value is -2.02. The maximum absolute atomic E-state index is 12.9. The van der Waals surface area contributed by atoms with Crippen LogP contribution in [-0.4, -0.2) is 35.8 Å². The lowest BCUT2D eigenvalue weighted by Gasteiger charge is -2.30. The first-order chi connectivity index (χ1) is 12.7. The molecule has 27 heavy (non-hydrogen) atoms. The number of nitrogens with zero attached hydrogens (tertiary/aromatic N) is 2. The Morgan fingerprint density at radius 3 is 2.30 bits per heavy atom. The lowest BCUT2D eigenvalue weighted by molar-refractivity contribution is -0.148. The first kappa shape index (κ1) is 21.3. The lowest BCUT2D eigenvalue weighted by atomic mass is 9.80. The molecule has 0 N–H and O–H groups in total. The topological polar surface area (TPSA) is 77.9 Å². The molecule has 1 aromatic heterocycles. The highest BCUT2D eigenvalue weighted by Gasteiger charge is 2.43. The van der Waals surface area contributed by atoms with E-state index in [-0.39, 0.29) is 17.8 Å². The van der Waals surface area contributed by atoms with Crippen molar-refractivity contribution in [2.45, 2.75) is 47.5 Å². The summed E-state index contributed by atoms with van der Waals surface area (Å²) in [4.78, 5) is 34.5. The summed E-state index contributed by atoms with van der Waals surface area (Å²) in [7, 11) is 0. The molecular formula is C20H28N2O4S. The molecule has 2 heterocycles. The lowest BCUT2D eigenvalue weighted by Crippen LogP contribution is -2.37. The van der Waals surface area contributed by atoms with Gasteiger partial charge in [0, 0.05) is 23.0 Å². The van der Waals surface area contributed by atoms with Crippen molar-refractivity contribution in [3.05, 3.63) is 27.9 Å². The molecule has 1 aromatic rings. The van der Waals surface area contributed by atoms with Gasteiger partial charge in [0.2, 0.25) is 0 Å². The van der Waals surface area contributed by atoms with Crippen molar-refractivity contribution in [2.24, 2.45) is 22.7 Å². The third kappa shape index (κ3) is 5.25. The number of hydrogen-bond acceptors (Lipinski definition) is 7. The zero-order chi connectivity index (χ0) is 20.1. The highest BCUT2D eigenvalue weighted by Crippen LogP contribution is 2.40. The van der Waals surface area contributed by atoms with Gasteiger partial charge in [0.15, 0.2) is 0 Å². The van der Waals surface area contributed by atoms with E-state index < -0.39 is 17.8 Å². The Kier molecular flexibility index (Phi) is 7.30. The summed E-state index contributed by atoms with van der Waals surface area (Å²) in [6, 6.07) is 0. The summed E-state index contributed by atoms with van der Waals surface area (Å²) in [6.07, 6.45) is 1.67. The molecule has 2 rings (SSSR count). The molecule has 0 amide bonds. The van der Waals surface area contributed by atoms with E-state index in [1.54, 1.807) is 20.0 Å². The Morgan fingerprint density at radius 1 is 1.11 bits per heavy atom. The van der Waals surface area contributed by atoms with Gasteiger partial charge in [0.1, 0.15) is 10.9 Å². The predicted octanol–water partition coefficient (Wildman–Crippen LogP) is 3.99. The highest BCUT2D eigenvalue weighted by molar-refractivity contribution is 7.09. The highest BCUT2D eigenvalue weighted by atomic mass is 32.1. The Morgan fingerprint density at radius 2 is 1.74 bits per heavy atom. The fraction of sp³-hybridized carbons (Fsp3) is 0.600. The van der Waals surface area contributed by atoms with E-state index in [0.29, 0.717) is 35.2 Å². The second-order valence-corrected chi connectivity index (χ2v) is 8.52. The van der Waals surface area contributed by atoms with Crippen LogP contribution in [0.1, 0.15) is 52.5 Å². The average molecular weight is 393 g/mol. The van der Waals surface area contributed by atoms with E-state index in [9.17, 15) is 9.59 Å². The van der Waals surface area contributed by atoms with Crippen LogP contribution in [0.25, 0.3) is 0 Å². The van der Waals surface area contributed by atoms with Crippen LogP contribution in [0.5, 0.6) is 0 Å². The molecular weight excluding hydrogens is 364 g/mol. The zero-order valence-electron chi connectivity index (χ0n) is 16.8. The zero-order valence-corrected chi connectivity index (χ0v) is 17.6. The van der Waals surface area contributed by atoms with Crippen LogP contribution >= 0.6 is 11.3 Å². The summed E-state index contributed by atoms with van der Waals surface area (Å²) in [5, 5.41) is 2.52. The number of aromatic nitrogens is 1. The molecule has 0 radical (unpaired) electrons. The summed E-state index contributed by atoms with van der Waals surface area (Å²) in [5.41, 5.74) is 1.58. The summed E-state index contributed by atoms with van der Waals surface area (Å²) < 4.78 is 10.9. The average Bonchev–Trinajstić information content (AvgIpc) is 3.11. The largest absolute Gasteiger partial charge is 0.465 e. The first-order valence-corrected chi connectivity index (χ1v) is 10.1. The van der Waals surface area contributed by atoms with Crippen molar-refractivity contribution in [3.8, 4) is 0 Å². The number of aliphatic imine (C=N–C) groups is 1. The second kappa shape index (κ2) is 9.26. The van der Waals surface area contributed by atoms with E-state index in [4.69, 9.17) is 9.47 Å². The monoisotopic (exact) mass is 392 g/mol. The molecule has 148 valence electrons. The molecule has 0 saturated carbocycles. The van der Waals surface area contributed by atoms with Gasteiger partial charge in [-0.15, -0.1) is 11.3 Å². The van der Waals surface area contributed by atoms with Gasteiger partial charge < -0.3 is 9.47 Å². The SMILES string of the molecule is CC1=NC(C)=C(C(=O)OCC(C)C)C(c2nccs2)C1C(=O)OCC(C)C. The molecule has 2 atom stereocenters. The van der Waals surface area contributed by atoms with Gasteiger partial charge in [0.05, 0.1) is 24.7 Å². The molecule has 0 saturated heterocycles. The molecule has 0 bridgehead atoms. The first-order valence-electron chi connectivity index (χ1n) is 9.21. The van der Waals surface area contributed by atoms with Crippen molar-refractivity contribution in [1.82, 2.24) is 4.98 Å². The van der Waals surface area contributed by atoms with Crippen LogP contribution in [0.3, 0.4) is 0 Å². The van der Waals surface area contributed by atoms with E-state index in [0.717, 1.165) is 0 Å². The van der Waals surface area contributed by atoms with Gasteiger partial charge in [-0.1, -0.05) is 27.7 Å². The number of esters is 2. The summed E-state index contributed by atoms with van der Waals surface area (Å²) in [5.74, 6) is -1.61. The van der Waals surface area contributed by atoms with Gasteiger partial charge in [0.25, 0.3) is 0 Å². The van der Waals surface area contributed by atoms with E-state index in [1.165, 1.54) is 11.3 Å². The van der Waals surface area contributed by atoms with Crippen molar-refractivity contribution in [1.29, 1.82) is 0 Å². The molecule has 6 nitrogen and oxygen atoms in total. The minimum Gasteiger partial charge on any atom is -0.465 e. The molecule has 0 aliphatic carbocycles. The van der Waals surface area contributed by atoms with Gasteiger partial charge in [-0.25, -0.2) is 9.78 Å². The van der Waals surface area contributed by atoms with Gasteiger partial charge in [-0.3, -0.25) is 9.79 Å². The fourth-order valence-electron chi connectivity index (χ4n) is 2.92. The van der Waals surface area contributed by atoms with Crippen molar-refractivity contribution < 1.29 is 19.1 Å². The minimum atomic E-state index is -0.680. The molecule has 2 unspecified atom stereocenters. The Balaban J connectivity index is 2.42. The Bertz CT molecular complexity index is 735. The van der Waals surface area contributed by atoms with E-state index in [1.807, 2.05) is 33.1 Å². The fourth-order valence-corrected chi connectivity index (χ4v) is 3.70. The van der Waals surface area contributed by atoms with Crippen LogP contribution < -0.4 is 0 Å². The van der Waals surface area contributed by atoms with Crippen LogP contribution in [0.2, 0.25) is 0 Å². The summed E-state index contributed by atoms with van der Waals surface area (Å²) in [6.45, 7) is 12.1. The molecule has 0 fully saturated rings. The number of rotatable bonds is 7. The standard InChI is InChI=1S/C20H28N2O4S/c1-11(2)9-25-19(23)15-13(5)22-14(6)16(20(24)26-10-12(3)4)17(15)18-21-7-8-27-18/h7-8,11-12,15,17H,9-10H2,1-6H3. The van der Waals surface area contributed by atoms with Gasteiger partial charge in [-0.2, -0.15) is 0 Å². The molecule has 1 aliphatic rings. The van der Waals surface area contributed by atoms with Crippen LogP contribution in [0.15, 0.2) is 27.8 Å². The molecule has 0 aromatic carbocycles. The maximum atomic E-state index is 12.9. The number of hydrogen-bond donors (Lipinski definition) is 0. The third-order valence-corrected chi connectivity index (χ3v) is 4.98. The number of thiazole rings is 1. The van der Waals surface area contributed by atoms with Crippen molar-refractivity contribution >= 4 is 29.0 Å². The second-order valence-electron chi connectivity index (χ2n) is 7.59. The number of ether oxygens (including phenoxy) is 2. The van der Waals surface area contributed by atoms with Crippen LogP contribution in [0.4, 0.5) is 0 Å². The molecule has 0 spiro atoms. The quantitative estimate of drug-likeness (QED) is 0.656. The molecule has 1 aliphatic heterocycles. The number of carbonyl (C=O) groups is 2.